The number of aliphatic hydroxyl groups is 1. The maximum atomic E-state index is 14.5. The van der Waals surface area contributed by atoms with Gasteiger partial charge in [0.15, 0.2) is 0 Å². The molecule has 2 bridgehead atoms. The summed E-state index contributed by atoms with van der Waals surface area (Å²) in [6.07, 6.45) is 3.63. The zero-order valence-electron chi connectivity index (χ0n) is 23.0. The van der Waals surface area contributed by atoms with Crippen LogP contribution in [0, 0.1) is 11.8 Å². The average molecular weight is 544 g/mol. The summed E-state index contributed by atoms with van der Waals surface area (Å²) in [5.41, 5.74) is 1.81. The number of amides is 2. The van der Waals surface area contributed by atoms with Crippen molar-refractivity contribution in [2.75, 3.05) is 42.6 Å². The lowest BCUT2D eigenvalue weighted by atomic mass is 9.71. The van der Waals surface area contributed by atoms with E-state index >= 15 is 0 Å². The van der Waals surface area contributed by atoms with Crippen molar-refractivity contribution >= 4 is 40.9 Å². The van der Waals surface area contributed by atoms with Gasteiger partial charge in [-0.3, -0.25) is 14.4 Å². The molecule has 2 amide bonds. The molecule has 2 unspecified atom stereocenters. The second-order valence-electron chi connectivity index (χ2n) is 10.2. The van der Waals surface area contributed by atoms with E-state index in [9.17, 15) is 19.5 Å². The summed E-state index contributed by atoms with van der Waals surface area (Å²) in [4.78, 5) is 47.2. The fourth-order valence-electron chi connectivity index (χ4n) is 6.72. The Labute approximate surface area is 230 Å². The zero-order valence-corrected chi connectivity index (χ0v) is 23.8. The molecule has 1 aromatic carbocycles. The van der Waals surface area contributed by atoms with E-state index in [1.807, 2.05) is 31.2 Å². The fourth-order valence-corrected chi connectivity index (χ4v) is 8.90. The molecule has 6 atom stereocenters. The number of nitrogens with zero attached hydrogens (tertiary/aromatic N) is 3. The van der Waals surface area contributed by atoms with Crippen LogP contribution in [-0.2, 0) is 19.1 Å². The summed E-state index contributed by atoms with van der Waals surface area (Å²) >= 11 is 1.61. The number of carbonyl (C=O) groups is 3. The van der Waals surface area contributed by atoms with Crippen LogP contribution in [0.1, 0.15) is 47.0 Å². The molecular formula is C29H41N3O5S. The summed E-state index contributed by atoms with van der Waals surface area (Å²) in [5, 5.41) is 10.2. The predicted molar refractivity (Wildman–Crippen MR) is 151 cm³/mol. The van der Waals surface area contributed by atoms with Gasteiger partial charge in [-0.05, 0) is 64.3 Å². The number of anilines is 2. The van der Waals surface area contributed by atoms with Crippen molar-refractivity contribution in [3.05, 3.63) is 36.9 Å². The van der Waals surface area contributed by atoms with E-state index in [0.29, 0.717) is 12.8 Å². The molecule has 38 heavy (non-hydrogen) atoms. The normalized spacial score (nSPS) is 28.2. The minimum Gasteiger partial charge on any atom is -0.466 e. The first kappa shape index (κ1) is 28.5. The highest BCUT2D eigenvalue weighted by atomic mass is 32.2. The van der Waals surface area contributed by atoms with Crippen molar-refractivity contribution in [3.8, 4) is 0 Å². The molecule has 9 heteroatoms. The maximum Gasteiger partial charge on any atom is 0.310 e. The second kappa shape index (κ2) is 11.7. The van der Waals surface area contributed by atoms with Crippen LogP contribution in [0.5, 0.6) is 0 Å². The van der Waals surface area contributed by atoms with E-state index in [1.165, 1.54) is 0 Å². The first-order valence-corrected chi connectivity index (χ1v) is 14.8. The molecule has 3 heterocycles. The molecule has 1 spiro atoms. The van der Waals surface area contributed by atoms with Crippen LogP contribution in [0.15, 0.2) is 36.9 Å². The molecule has 3 fully saturated rings. The minimum absolute atomic E-state index is 0.0455. The Hall–Kier alpha value is -2.52. The Kier molecular flexibility index (Phi) is 8.77. The number of hydrogen-bond acceptors (Lipinski definition) is 7. The Balaban J connectivity index is 1.76. The number of carbonyl (C=O) groups excluding carboxylic acids is 3. The highest BCUT2D eigenvalue weighted by molar-refractivity contribution is 8.02. The summed E-state index contributed by atoms with van der Waals surface area (Å²) in [6, 6.07) is 6.62. The van der Waals surface area contributed by atoms with E-state index in [4.69, 9.17) is 4.74 Å². The Morgan fingerprint density at radius 2 is 1.87 bits per heavy atom. The molecule has 3 aliphatic rings. The molecule has 1 N–H and O–H groups in total. The van der Waals surface area contributed by atoms with E-state index < -0.39 is 28.7 Å². The van der Waals surface area contributed by atoms with E-state index in [-0.39, 0.29) is 42.8 Å². The third-order valence-electron chi connectivity index (χ3n) is 8.47. The number of benzene rings is 1. The van der Waals surface area contributed by atoms with Gasteiger partial charge < -0.3 is 24.5 Å². The summed E-state index contributed by atoms with van der Waals surface area (Å²) in [6.45, 7) is 13.8. The lowest BCUT2D eigenvalue weighted by molar-refractivity contribution is -0.154. The van der Waals surface area contributed by atoms with Gasteiger partial charge in [-0.2, -0.15) is 0 Å². The van der Waals surface area contributed by atoms with Crippen molar-refractivity contribution < 1.29 is 24.2 Å². The molecule has 0 aliphatic carbocycles. The third kappa shape index (κ3) is 4.51. The number of fused-ring (bicyclic) bond motifs is 1. The van der Waals surface area contributed by atoms with Gasteiger partial charge in [0, 0.05) is 36.3 Å². The summed E-state index contributed by atoms with van der Waals surface area (Å²) in [7, 11) is 0. The van der Waals surface area contributed by atoms with Gasteiger partial charge in [-0.1, -0.05) is 13.0 Å². The minimum atomic E-state index is -0.783. The maximum absolute atomic E-state index is 14.5. The van der Waals surface area contributed by atoms with Crippen LogP contribution in [0.25, 0.3) is 0 Å². The molecule has 3 saturated heterocycles. The monoisotopic (exact) mass is 543 g/mol. The zero-order chi connectivity index (χ0) is 27.6. The number of aliphatic hydroxyl groups excluding tert-OH is 1. The topological polar surface area (TPSA) is 90.4 Å². The largest absolute Gasteiger partial charge is 0.466 e. The van der Waals surface area contributed by atoms with Crippen LogP contribution in [0.2, 0.25) is 0 Å². The van der Waals surface area contributed by atoms with E-state index in [2.05, 4.69) is 25.3 Å². The number of hydrogen-bond donors (Lipinski definition) is 1. The van der Waals surface area contributed by atoms with Gasteiger partial charge in [0.25, 0.3) is 5.91 Å². The van der Waals surface area contributed by atoms with Crippen LogP contribution in [0.3, 0.4) is 0 Å². The number of likely N-dealkylation sites (tertiary alicyclic amines) is 1. The average Bonchev–Trinajstić information content (AvgIpc) is 3.57. The smallest absolute Gasteiger partial charge is 0.310 e. The third-order valence-corrected chi connectivity index (χ3v) is 10.4. The number of thioether (sulfide) groups is 1. The van der Waals surface area contributed by atoms with Crippen LogP contribution >= 0.6 is 11.8 Å². The van der Waals surface area contributed by atoms with Crippen molar-refractivity contribution in [3.63, 3.8) is 0 Å². The molecule has 0 aromatic heterocycles. The van der Waals surface area contributed by atoms with E-state index in [0.717, 1.165) is 30.9 Å². The molecule has 3 aliphatic heterocycles. The number of esters is 1. The lowest BCUT2D eigenvalue weighted by Crippen LogP contribution is -2.57. The van der Waals surface area contributed by atoms with Gasteiger partial charge in [0.2, 0.25) is 5.91 Å². The van der Waals surface area contributed by atoms with Crippen LogP contribution in [-0.4, -0.2) is 82.7 Å². The van der Waals surface area contributed by atoms with Crippen molar-refractivity contribution in [2.45, 2.75) is 69.0 Å². The Morgan fingerprint density at radius 3 is 2.42 bits per heavy atom. The van der Waals surface area contributed by atoms with Gasteiger partial charge in [-0.15, -0.1) is 18.3 Å². The van der Waals surface area contributed by atoms with Gasteiger partial charge in [0.1, 0.15) is 6.04 Å². The first-order chi connectivity index (χ1) is 18.3. The summed E-state index contributed by atoms with van der Waals surface area (Å²) < 4.78 is 4.67. The first-order valence-electron chi connectivity index (χ1n) is 13.9. The van der Waals surface area contributed by atoms with Crippen molar-refractivity contribution in [1.29, 1.82) is 0 Å². The summed E-state index contributed by atoms with van der Waals surface area (Å²) in [5.74, 6) is -1.97. The highest BCUT2D eigenvalue weighted by Gasteiger charge is 2.74. The van der Waals surface area contributed by atoms with Gasteiger partial charge in [0.05, 0.1) is 35.8 Å². The molecule has 0 saturated carbocycles. The lowest BCUT2D eigenvalue weighted by Gasteiger charge is -2.39. The SMILES string of the molecule is C=CCN(C(=O)C1N([C@@H](CC)CO)C(=O)[C@@H]2[C@H](C(=O)OCC)[C@@H]3CCC12S3)c1ccc(N(CC)CC)cc1. The molecule has 1 aromatic rings. The number of ether oxygens (including phenoxy) is 1. The van der Waals surface area contributed by atoms with Crippen LogP contribution in [0.4, 0.5) is 11.4 Å². The molecule has 208 valence electrons. The van der Waals surface area contributed by atoms with Crippen molar-refractivity contribution in [2.24, 2.45) is 11.8 Å². The van der Waals surface area contributed by atoms with Gasteiger partial charge >= 0.3 is 5.97 Å². The van der Waals surface area contributed by atoms with Crippen LogP contribution < -0.4 is 9.80 Å². The molecule has 0 radical (unpaired) electrons. The highest BCUT2D eigenvalue weighted by Crippen LogP contribution is 2.67. The molecular weight excluding hydrogens is 502 g/mol. The van der Waals surface area contributed by atoms with Crippen molar-refractivity contribution in [1.82, 2.24) is 4.90 Å². The standard InChI is InChI=1S/C29H41N3O5S/c1-6-17-31(21-13-11-20(12-14-21)30(8-3)9-4)27(35)25-29-16-15-22(38-29)23(28(36)37-10-5)24(29)26(34)32(25)19(7-2)18-33/h6,11-14,19,22-25,33H,1,7-10,15-18H2,2-5H3/t19-,22-,23+,24-,25?,29?/m0/s1. The predicted octanol–water partition coefficient (Wildman–Crippen LogP) is 3.48. The van der Waals surface area contributed by atoms with E-state index in [1.54, 1.807) is 34.6 Å². The quantitative estimate of drug-likeness (QED) is 0.319. The second-order valence-corrected chi connectivity index (χ2v) is 11.8. The fraction of sp³-hybridized carbons (Fsp3) is 0.621. The molecule has 4 rings (SSSR count). The van der Waals surface area contributed by atoms with Gasteiger partial charge in [-0.25, -0.2) is 0 Å². The molecule has 8 nitrogen and oxygen atoms in total. The Morgan fingerprint density at radius 1 is 1.21 bits per heavy atom. The Bertz CT molecular complexity index is 1040. The number of rotatable bonds is 12.